The van der Waals surface area contributed by atoms with Crippen molar-refractivity contribution in [3.05, 3.63) is 35.9 Å². The number of carbonyl (C=O) groups is 3. The van der Waals surface area contributed by atoms with E-state index in [0.29, 0.717) is 13.0 Å². The molecule has 1 atom stereocenters. The molecule has 0 radical (unpaired) electrons. The van der Waals surface area contributed by atoms with Gasteiger partial charge in [-0.25, -0.2) is 9.69 Å². The van der Waals surface area contributed by atoms with Gasteiger partial charge in [-0.15, -0.1) is 0 Å². The maximum atomic E-state index is 12.3. The third kappa shape index (κ3) is 2.43. The van der Waals surface area contributed by atoms with E-state index in [9.17, 15) is 14.4 Å². The first-order chi connectivity index (χ1) is 9.57. The minimum Gasteiger partial charge on any atom is -0.263 e. The molecule has 106 valence electrons. The lowest BCUT2D eigenvalue weighted by Crippen LogP contribution is -2.35. The summed E-state index contributed by atoms with van der Waals surface area (Å²) >= 11 is 0. The van der Waals surface area contributed by atoms with Crippen LogP contribution in [0.2, 0.25) is 0 Å². The number of urea groups is 1. The molecule has 1 fully saturated rings. The zero-order valence-electron chi connectivity index (χ0n) is 11.7. The molecule has 1 saturated heterocycles. The molecule has 20 heavy (non-hydrogen) atoms. The molecular weight excluding hydrogens is 256 g/mol. The number of carbonyl (C=O) groups excluding carboxylic acids is 3. The molecule has 5 heteroatoms. The van der Waals surface area contributed by atoms with Crippen LogP contribution in [-0.4, -0.2) is 34.2 Å². The highest BCUT2D eigenvalue weighted by molar-refractivity contribution is 6.44. The van der Waals surface area contributed by atoms with E-state index in [1.165, 1.54) is 0 Å². The molecule has 2 rings (SSSR count). The Hall–Kier alpha value is -2.17. The van der Waals surface area contributed by atoms with Crippen LogP contribution in [0.1, 0.15) is 38.3 Å². The minimum absolute atomic E-state index is 0.303. The summed E-state index contributed by atoms with van der Waals surface area (Å²) in [5, 5.41) is 0. The van der Waals surface area contributed by atoms with Gasteiger partial charge < -0.3 is 0 Å². The molecule has 5 nitrogen and oxygen atoms in total. The molecule has 1 aromatic carbocycles. The Bertz CT molecular complexity index is 527. The monoisotopic (exact) mass is 274 g/mol. The smallest absolute Gasteiger partial charge is 0.263 e. The third-order valence-electron chi connectivity index (χ3n) is 3.49. The van der Waals surface area contributed by atoms with Gasteiger partial charge in [0.25, 0.3) is 0 Å². The number of benzene rings is 1. The van der Waals surface area contributed by atoms with Gasteiger partial charge >= 0.3 is 17.8 Å². The summed E-state index contributed by atoms with van der Waals surface area (Å²) in [5.74, 6) is -1.45. The lowest BCUT2D eigenvalue weighted by atomic mass is 10.1. The number of nitrogens with zero attached hydrogens (tertiary/aromatic N) is 2. The first kappa shape index (κ1) is 14.2. The van der Waals surface area contributed by atoms with Crippen molar-refractivity contribution in [2.24, 2.45) is 0 Å². The molecular formula is C15H18N2O3. The number of hydrogen-bond acceptors (Lipinski definition) is 3. The molecule has 0 spiro atoms. The van der Waals surface area contributed by atoms with Crippen molar-refractivity contribution >= 4 is 17.8 Å². The Kier molecular flexibility index (Phi) is 4.17. The number of hydrogen-bond donors (Lipinski definition) is 0. The maximum absolute atomic E-state index is 12.3. The van der Waals surface area contributed by atoms with E-state index in [1.54, 1.807) is 6.92 Å². The average molecular weight is 274 g/mol. The second-order valence-electron chi connectivity index (χ2n) is 4.85. The quantitative estimate of drug-likeness (QED) is 0.611. The second kappa shape index (κ2) is 5.86. The number of imide groups is 2. The lowest BCUT2D eigenvalue weighted by molar-refractivity contribution is -0.144. The van der Waals surface area contributed by atoms with Crippen LogP contribution in [0.15, 0.2) is 30.3 Å². The second-order valence-corrected chi connectivity index (χ2v) is 4.85. The van der Waals surface area contributed by atoms with Crippen LogP contribution in [-0.2, 0) is 9.59 Å². The Morgan fingerprint density at radius 1 is 1.05 bits per heavy atom. The average Bonchev–Trinajstić information content (AvgIpc) is 2.68. The van der Waals surface area contributed by atoms with Crippen molar-refractivity contribution in [1.29, 1.82) is 0 Å². The lowest BCUT2D eigenvalue weighted by Gasteiger charge is -2.22. The highest BCUT2D eigenvalue weighted by atomic mass is 16.2. The first-order valence-corrected chi connectivity index (χ1v) is 6.82. The number of amides is 4. The molecule has 0 N–H and O–H groups in total. The highest BCUT2D eigenvalue weighted by Crippen LogP contribution is 2.26. The van der Waals surface area contributed by atoms with Gasteiger partial charge in [0.2, 0.25) is 0 Å². The fourth-order valence-electron chi connectivity index (χ4n) is 2.26. The van der Waals surface area contributed by atoms with Gasteiger partial charge in [-0.1, -0.05) is 43.7 Å². The van der Waals surface area contributed by atoms with Crippen LogP contribution in [0.5, 0.6) is 0 Å². The van der Waals surface area contributed by atoms with E-state index in [2.05, 4.69) is 0 Å². The van der Waals surface area contributed by atoms with Crippen LogP contribution >= 0.6 is 0 Å². The predicted molar refractivity (Wildman–Crippen MR) is 73.7 cm³/mol. The van der Waals surface area contributed by atoms with Gasteiger partial charge in [-0.05, 0) is 18.9 Å². The van der Waals surface area contributed by atoms with Crippen LogP contribution in [0.3, 0.4) is 0 Å². The molecule has 1 aliphatic rings. The van der Waals surface area contributed by atoms with Crippen LogP contribution in [0.25, 0.3) is 0 Å². The van der Waals surface area contributed by atoms with Crippen LogP contribution < -0.4 is 0 Å². The molecule has 0 bridgehead atoms. The number of unbranched alkanes of at least 4 members (excludes halogenated alkanes) is 1. The van der Waals surface area contributed by atoms with Gasteiger partial charge in [-0.3, -0.25) is 14.5 Å². The van der Waals surface area contributed by atoms with E-state index in [1.807, 2.05) is 37.3 Å². The zero-order valence-corrected chi connectivity index (χ0v) is 11.7. The van der Waals surface area contributed by atoms with Crippen LogP contribution in [0.4, 0.5) is 4.79 Å². The highest BCUT2D eigenvalue weighted by Gasteiger charge is 2.46. The van der Waals surface area contributed by atoms with Crippen molar-refractivity contribution in [3.8, 4) is 0 Å². The largest absolute Gasteiger partial charge is 0.334 e. The molecule has 1 aliphatic heterocycles. The topological polar surface area (TPSA) is 57.7 Å². The Balaban J connectivity index is 2.22. The maximum Gasteiger partial charge on any atom is 0.334 e. The summed E-state index contributed by atoms with van der Waals surface area (Å²) in [4.78, 5) is 38.3. The fraction of sp³-hybridized carbons (Fsp3) is 0.400. The van der Waals surface area contributed by atoms with Crippen molar-refractivity contribution in [2.45, 2.75) is 32.7 Å². The molecule has 0 saturated carbocycles. The Morgan fingerprint density at radius 2 is 1.70 bits per heavy atom. The normalized spacial score (nSPS) is 17.0. The minimum atomic E-state index is -0.734. The third-order valence-corrected chi connectivity index (χ3v) is 3.49. The van der Waals surface area contributed by atoms with Crippen molar-refractivity contribution in [2.75, 3.05) is 6.54 Å². The fourth-order valence-corrected chi connectivity index (χ4v) is 2.26. The summed E-state index contributed by atoms with van der Waals surface area (Å²) in [6, 6.07) is 8.27. The van der Waals surface area contributed by atoms with Crippen molar-refractivity contribution in [1.82, 2.24) is 9.80 Å². The van der Waals surface area contributed by atoms with Gasteiger partial charge in [0.1, 0.15) is 0 Å². The van der Waals surface area contributed by atoms with Crippen molar-refractivity contribution in [3.63, 3.8) is 0 Å². The first-order valence-electron chi connectivity index (χ1n) is 6.82. The molecule has 0 aromatic heterocycles. The predicted octanol–water partition coefficient (Wildman–Crippen LogP) is 2.34. The standard InChI is InChI=1S/C15H18N2O3/c1-3-4-10-16-13(18)14(19)17(15(16)20)11(2)12-8-6-5-7-9-12/h5-9,11H,3-4,10H2,1-2H3. The molecule has 1 unspecified atom stereocenters. The number of rotatable bonds is 5. The SMILES string of the molecule is CCCCN1C(=O)C(=O)N(C(C)c2ccccc2)C1=O. The summed E-state index contributed by atoms with van der Waals surface area (Å²) < 4.78 is 0. The van der Waals surface area contributed by atoms with E-state index in [0.717, 1.165) is 21.8 Å². The van der Waals surface area contributed by atoms with E-state index in [4.69, 9.17) is 0 Å². The van der Waals surface area contributed by atoms with Gasteiger partial charge in [0.15, 0.2) is 0 Å². The van der Waals surface area contributed by atoms with E-state index < -0.39 is 23.9 Å². The van der Waals surface area contributed by atoms with Crippen molar-refractivity contribution < 1.29 is 14.4 Å². The Labute approximate surface area is 118 Å². The summed E-state index contributed by atoms with van der Waals surface area (Å²) in [6.45, 7) is 4.02. The summed E-state index contributed by atoms with van der Waals surface area (Å²) in [6.07, 6.45) is 1.57. The van der Waals surface area contributed by atoms with Gasteiger partial charge in [0, 0.05) is 6.54 Å². The molecule has 0 aliphatic carbocycles. The summed E-state index contributed by atoms with van der Waals surface area (Å²) in [7, 11) is 0. The molecule has 4 amide bonds. The molecule has 1 aromatic rings. The Morgan fingerprint density at radius 3 is 2.30 bits per heavy atom. The molecule has 1 heterocycles. The summed E-state index contributed by atoms with van der Waals surface area (Å²) in [5.41, 5.74) is 0.833. The van der Waals surface area contributed by atoms with Gasteiger partial charge in [0.05, 0.1) is 6.04 Å². The zero-order chi connectivity index (χ0) is 14.7. The van der Waals surface area contributed by atoms with Crippen LogP contribution in [0, 0.1) is 0 Å². The van der Waals surface area contributed by atoms with E-state index >= 15 is 0 Å². The van der Waals surface area contributed by atoms with Gasteiger partial charge in [-0.2, -0.15) is 0 Å². The van der Waals surface area contributed by atoms with E-state index in [-0.39, 0.29) is 0 Å².